The molecule has 1 fully saturated rings. The van der Waals surface area contributed by atoms with Gasteiger partial charge >= 0.3 is 0 Å². The van der Waals surface area contributed by atoms with E-state index in [-0.39, 0.29) is 11.9 Å². The molecule has 1 N–H and O–H groups in total. The summed E-state index contributed by atoms with van der Waals surface area (Å²) in [4.78, 5) is 15.5. The van der Waals surface area contributed by atoms with Crippen LogP contribution in [0.3, 0.4) is 0 Å². The number of carbonyl (C=O) groups excluding carboxylic acids is 1. The van der Waals surface area contributed by atoms with E-state index in [2.05, 4.69) is 42.3 Å². The number of piperidine rings is 1. The van der Waals surface area contributed by atoms with E-state index in [1.807, 2.05) is 62.4 Å². The van der Waals surface area contributed by atoms with Crippen LogP contribution in [0.15, 0.2) is 72.3 Å². The van der Waals surface area contributed by atoms with Crippen molar-refractivity contribution in [1.29, 1.82) is 0 Å². The standard InChI is InChI=1S/C30H39ClN2O2/c1-5-7-25(8-6-2)22-33-19-17-27(18-20-33)32-29(34)30(3,4)35-28-15-11-24(12-16-28)21-23-9-13-26(31)14-10-23/h5,7-16,27H,6,17-22H2,1-4H3,(H,32,34)/b7-5-,25-8+. The first kappa shape index (κ1) is 27.0. The maximum Gasteiger partial charge on any atom is 0.263 e. The molecule has 0 radical (unpaired) electrons. The summed E-state index contributed by atoms with van der Waals surface area (Å²) in [5.41, 5.74) is 2.80. The molecule has 0 bridgehead atoms. The molecule has 0 atom stereocenters. The highest BCUT2D eigenvalue weighted by atomic mass is 35.5. The Balaban J connectivity index is 1.48. The lowest BCUT2D eigenvalue weighted by atomic mass is 10.0. The summed E-state index contributed by atoms with van der Waals surface area (Å²) in [6, 6.07) is 16.0. The second kappa shape index (κ2) is 12.9. The van der Waals surface area contributed by atoms with Crippen molar-refractivity contribution in [2.45, 2.75) is 65.0 Å². The number of halogens is 1. The van der Waals surface area contributed by atoms with E-state index in [4.69, 9.17) is 16.3 Å². The van der Waals surface area contributed by atoms with Gasteiger partial charge in [0.15, 0.2) is 5.60 Å². The number of carbonyl (C=O) groups is 1. The van der Waals surface area contributed by atoms with Crippen molar-refractivity contribution in [2.24, 2.45) is 0 Å². The Kier molecular flexibility index (Phi) is 10.00. The number of amides is 1. The van der Waals surface area contributed by atoms with Gasteiger partial charge in [0.25, 0.3) is 5.91 Å². The van der Waals surface area contributed by atoms with E-state index in [0.29, 0.717) is 5.75 Å². The highest BCUT2D eigenvalue weighted by molar-refractivity contribution is 6.30. The third kappa shape index (κ3) is 8.55. The minimum atomic E-state index is -0.947. The van der Waals surface area contributed by atoms with Gasteiger partial charge in [-0.15, -0.1) is 0 Å². The second-order valence-corrected chi connectivity index (χ2v) is 10.2. The summed E-state index contributed by atoms with van der Waals surface area (Å²) in [6.07, 6.45) is 10.4. The molecule has 0 spiro atoms. The number of likely N-dealkylation sites (tertiary alicyclic amines) is 1. The van der Waals surface area contributed by atoms with Gasteiger partial charge in [-0.3, -0.25) is 9.69 Å². The first-order valence-corrected chi connectivity index (χ1v) is 13.0. The summed E-state index contributed by atoms with van der Waals surface area (Å²) >= 11 is 5.97. The average Bonchev–Trinajstić information content (AvgIpc) is 2.83. The van der Waals surface area contributed by atoms with Crippen LogP contribution in [0, 0.1) is 0 Å². The summed E-state index contributed by atoms with van der Waals surface area (Å²) in [5.74, 6) is 0.626. The van der Waals surface area contributed by atoms with Crippen LogP contribution >= 0.6 is 11.6 Å². The number of nitrogens with one attached hydrogen (secondary N) is 1. The zero-order chi connectivity index (χ0) is 25.3. The van der Waals surface area contributed by atoms with Crippen molar-refractivity contribution < 1.29 is 9.53 Å². The van der Waals surface area contributed by atoms with Crippen LogP contribution in [0.2, 0.25) is 5.02 Å². The molecule has 3 rings (SSSR count). The Bertz CT molecular complexity index is 1000. The lowest BCUT2D eigenvalue weighted by molar-refractivity contribution is -0.135. The molecule has 0 aromatic heterocycles. The summed E-state index contributed by atoms with van der Waals surface area (Å²) in [6.45, 7) is 10.8. The molecule has 2 aromatic rings. The number of rotatable bonds is 10. The molecule has 0 unspecified atom stereocenters. The van der Waals surface area contributed by atoms with Crippen LogP contribution in [-0.4, -0.2) is 42.1 Å². The number of allylic oxidation sites excluding steroid dienone is 2. The van der Waals surface area contributed by atoms with E-state index in [1.165, 1.54) is 16.7 Å². The van der Waals surface area contributed by atoms with Gasteiger partial charge in [0, 0.05) is 30.7 Å². The summed E-state index contributed by atoms with van der Waals surface area (Å²) in [5, 5.41) is 3.96. The maximum atomic E-state index is 13.0. The Morgan fingerprint density at radius 3 is 2.26 bits per heavy atom. The molecule has 1 saturated heterocycles. The van der Waals surface area contributed by atoms with Crippen molar-refractivity contribution >= 4 is 17.5 Å². The van der Waals surface area contributed by atoms with Crippen molar-refractivity contribution in [3.63, 3.8) is 0 Å². The van der Waals surface area contributed by atoms with Crippen molar-refractivity contribution in [3.05, 3.63) is 88.5 Å². The smallest absolute Gasteiger partial charge is 0.263 e. The van der Waals surface area contributed by atoms with Crippen LogP contribution in [0.4, 0.5) is 0 Å². The van der Waals surface area contributed by atoms with Gasteiger partial charge in [-0.05, 0) is 87.4 Å². The zero-order valence-electron chi connectivity index (χ0n) is 21.5. The SMILES string of the molecule is C/C=C\C(=C/CC)CN1CCC(NC(=O)C(C)(C)Oc2ccc(Cc3ccc(Cl)cc3)cc2)CC1. The molecule has 1 amide bonds. The lowest BCUT2D eigenvalue weighted by Gasteiger charge is -2.34. The largest absolute Gasteiger partial charge is 0.478 e. The lowest BCUT2D eigenvalue weighted by Crippen LogP contribution is -2.52. The highest BCUT2D eigenvalue weighted by Gasteiger charge is 2.32. The zero-order valence-corrected chi connectivity index (χ0v) is 22.3. The third-order valence-corrected chi connectivity index (χ3v) is 6.59. The second-order valence-electron chi connectivity index (χ2n) is 9.77. The molecule has 1 aliphatic rings. The molecular formula is C30H39ClN2O2. The highest BCUT2D eigenvalue weighted by Crippen LogP contribution is 2.22. The number of hydrogen-bond donors (Lipinski definition) is 1. The fraction of sp³-hybridized carbons (Fsp3) is 0.433. The normalized spacial score (nSPS) is 16.0. The van der Waals surface area contributed by atoms with Gasteiger partial charge in [0.05, 0.1) is 0 Å². The number of nitrogens with zero attached hydrogens (tertiary/aromatic N) is 1. The number of ether oxygens (including phenoxy) is 1. The van der Waals surface area contributed by atoms with Gasteiger partial charge in [-0.1, -0.05) is 61.0 Å². The molecule has 35 heavy (non-hydrogen) atoms. The molecule has 5 heteroatoms. The van der Waals surface area contributed by atoms with Gasteiger partial charge in [-0.25, -0.2) is 0 Å². The van der Waals surface area contributed by atoms with Crippen LogP contribution in [0.5, 0.6) is 5.75 Å². The van der Waals surface area contributed by atoms with Gasteiger partial charge < -0.3 is 10.1 Å². The topological polar surface area (TPSA) is 41.6 Å². The number of benzene rings is 2. The third-order valence-electron chi connectivity index (χ3n) is 6.34. The van der Waals surface area contributed by atoms with Crippen molar-refractivity contribution in [1.82, 2.24) is 10.2 Å². The fourth-order valence-electron chi connectivity index (χ4n) is 4.37. The molecule has 0 aliphatic carbocycles. The Labute approximate surface area is 216 Å². The predicted molar refractivity (Wildman–Crippen MR) is 146 cm³/mol. The van der Waals surface area contributed by atoms with E-state index in [9.17, 15) is 4.79 Å². The quantitative estimate of drug-likeness (QED) is 0.379. The van der Waals surface area contributed by atoms with E-state index in [1.54, 1.807) is 0 Å². The maximum absolute atomic E-state index is 13.0. The minimum absolute atomic E-state index is 0.0679. The Morgan fingerprint density at radius 2 is 1.69 bits per heavy atom. The molecule has 2 aromatic carbocycles. The molecule has 1 aliphatic heterocycles. The van der Waals surface area contributed by atoms with Crippen LogP contribution in [0.25, 0.3) is 0 Å². The summed E-state index contributed by atoms with van der Waals surface area (Å²) < 4.78 is 6.10. The van der Waals surface area contributed by atoms with Gasteiger partial charge in [-0.2, -0.15) is 0 Å². The molecule has 0 saturated carbocycles. The summed E-state index contributed by atoms with van der Waals surface area (Å²) in [7, 11) is 0. The minimum Gasteiger partial charge on any atom is -0.478 e. The van der Waals surface area contributed by atoms with Crippen LogP contribution in [0.1, 0.15) is 58.1 Å². The van der Waals surface area contributed by atoms with E-state index in [0.717, 1.165) is 50.3 Å². The van der Waals surface area contributed by atoms with Crippen LogP contribution < -0.4 is 10.1 Å². The van der Waals surface area contributed by atoms with Crippen molar-refractivity contribution in [2.75, 3.05) is 19.6 Å². The predicted octanol–water partition coefficient (Wildman–Crippen LogP) is 6.58. The number of hydrogen-bond acceptors (Lipinski definition) is 3. The fourth-order valence-corrected chi connectivity index (χ4v) is 4.49. The molecule has 1 heterocycles. The monoisotopic (exact) mass is 494 g/mol. The molecular weight excluding hydrogens is 456 g/mol. The Morgan fingerprint density at radius 1 is 1.09 bits per heavy atom. The molecule has 4 nitrogen and oxygen atoms in total. The molecule has 188 valence electrons. The van der Waals surface area contributed by atoms with Crippen LogP contribution in [-0.2, 0) is 11.2 Å². The first-order valence-electron chi connectivity index (χ1n) is 12.7. The van der Waals surface area contributed by atoms with E-state index < -0.39 is 5.60 Å². The van der Waals surface area contributed by atoms with Crippen molar-refractivity contribution in [3.8, 4) is 5.75 Å². The first-order chi connectivity index (χ1) is 16.8. The van der Waals surface area contributed by atoms with Gasteiger partial charge in [0.2, 0.25) is 0 Å². The van der Waals surface area contributed by atoms with E-state index >= 15 is 0 Å². The van der Waals surface area contributed by atoms with Gasteiger partial charge in [0.1, 0.15) is 5.75 Å². The Hall–Kier alpha value is -2.56. The average molecular weight is 495 g/mol.